The summed E-state index contributed by atoms with van der Waals surface area (Å²) in [5.74, 6) is -4.33. The SMILES string of the molecule is CCOc1ccc(C(C)(CC(F)(F)C(F)(F)F)OC)cc1. The fraction of sp³-hybridized carbons (Fsp3) is 0.571. The van der Waals surface area contributed by atoms with Crippen molar-refractivity contribution in [1.29, 1.82) is 0 Å². The van der Waals surface area contributed by atoms with Crippen molar-refractivity contribution in [3.8, 4) is 5.75 Å². The minimum atomic E-state index is -5.61. The Bertz CT molecular complexity index is 455. The second-order valence-electron chi connectivity index (χ2n) is 4.77. The molecule has 1 unspecified atom stereocenters. The van der Waals surface area contributed by atoms with Gasteiger partial charge >= 0.3 is 12.1 Å². The summed E-state index contributed by atoms with van der Waals surface area (Å²) >= 11 is 0. The standard InChI is InChI=1S/C14H17F5O2/c1-4-21-11-7-5-10(6-8-11)12(2,20-3)9-13(15,16)14(17,18)19/h5-8H,4,9H2,1-3H3. The van der Waals surface area contributed by atoms with E-state index in [1.807, 2.05) is 0 Å². The Labute approximate surface area is 119 Å². The van der Waals surface area contributed by atoms with E-state index in [4.69, 9.17) is 9.47 Å². The third-order valence-corrected chi connectivity index (χ3v) is 3.20. The van der Waals surface area contributed by atoms with Gasteiger partial charge in [-0.1, -0.05) is 12.1 Å². The molecular weight excluding hydrogens is 295 g/mol. The molecule has 0 fully saturated rings. The lowest BCUT2D eigenvalue weighted by Gasteiger charge is -2.33. The molecule has 1 atom stereocenters. The molecule has 120 valence electrons. The van der Waals surface area contributed by atoms with Gasteiger partial charge in [-0.05, 0) is 31.5 Å². The molecular formula is C14H17F5O2. The molecule has 0 heterocycles. The van der Waals surface area contributed by atoms with Crippen LogP contribution in [0.3, 0.4) is 0 Å². The number of halogens is 5. The highest BCUT2D eigenvalue weighted by atomic mass is 19.4. The Morgan fingerprint density at radius 1 is 1.00 bits per heavy atom. The quantitative estimate of drug-likeness (QED) is 0.718. The van der Waals surface area contributed by atoms with Crippen LogP contribution in [-0.4, -0.2) is 25.8 Å². The molecule has 1 aromatic rings. The zero-order chi connectivity index (χ0) is 16.3. The van der Waals surface area contributed by atoms with Crippen molar-refractivity contribution in [2.45, 2.75) is 38.0 Å². The van der Waals surface area contributed by atoms with Crippen LogP contribution in [0.4, 0.5) is 22.0 Å². The Hall–Kier alpha value is -1.37. The first-order chi connectivity index (χ1) is 9.55. The number of ether oxygens (including phenoxy) is 2. The van der Waals surface area contributed by atoms with Crippen molar-refractivity contribution >= 4 is 0 Å². The first kappa shape index (κ1) is 17.7. The first-order valence-electron chi connectivity index (χ1n) is 6.29. The maximum atomic E-state index is 13.3. The number of benzene rings is 1. The fourth-order valence-electron chi connectivity index (χ4n) is 1.89. The Balaban J connectivity index is 3.04. The summed E-state index contributed by atoms with van der Waals surface area (Å²) in [4.78, 5) is 0. The zero-order valence-electron chi connectivity index (χ0n) is 11.9. The van der Waals surface area contributed by atoms with Crippen LogP contribution in [0.1, 0.15) is 25.8 Å². The van der Waals surface area contributed by atoms with Crippen LogP contribution >= 0.6 is 0 Å². The summed E-state index contributed by atoms with van der Waals surface area (Å²) in [7, 11) is 1.10. The van der Waals surface area contributed by atoms with Gasteiger partial charge in [0.15, 0.2) is 0 Å². The maximum absolute atomic E-state index is 13.3. The highest BCUT2D eigenvalue weighted by molar-refractivity contribution is 5.31. The molecule has 0 aromatic heterocycles. The van der Waals surface area contributed by atoms with Gasteiger partial charge in [-0.2, -0.15) is 22.0 Å². The molecule has 2 nitrogen and oxygen atoms in total. The molecule has 0 bridgehead atoms. The van der Waals surface area contributed by atoms with Crippen LogP contribution in [0.5, 0.6) is 5.75 Å². The van der Waals surface area contributed by atoms with Crippen LogP contribution in [-0.2, 0) is 10.3 Å². The highest BCUT2D eigenvalue weighted by Crippen LogP contribution is 2.45. The van der Waals surface area contributed by atoms with Gasteiger partial charge in [0.1, 0.15) is 5.75 Å². The minimum absolute atomic E-state index is 0.220. The van der Waals surface area contributed by atoms with E-state index in [1.54, 1.807) is 6.92 Å². The van der Waals surface area contributed by atoms with E-state index in [0.29, 0.717) is 12.4 Å². The van der Waals surface area contributed by atoms with E-state index in [1.165, 1.54) is 31.2 Å². The van der Waals surface area contributed by atoms with Crippen molar-refractivity contribution in [2.75, 3.05) is 13.7 Å². The number of hydrogen-bond acceptors (Lipinski definition) is 2. The molecule has 1 rings (SSSR count). The van der Waals surface area contributed by atoms with Crippen molar-refractivity contribution in [2.24, 2.45) is 0 Å². The van der Waals surface area contributed by atoms with Gasteiger partial charge in [0.05, 0.1) is 18.6 Å². The van der Waals surface area contributed by atoms with Crippen molar-refractivity contribution in [3.63, 3.8) is 0 Å². The van der Waals surface area contributed by atoms with Gasteiger partial charge in [0.25, 0.3) is 0 Å². The Morgan fingerprint density at radius 2 is 1.52 bits per heavy atom. The predicted octanol–water partition coefficient (Wildman–Crippen LogP) is 4.53. The van der Waals surface area contributed by atoms with Gasteiger partial charge in [-0.25, -0.2) is 0 Å². The van der Waals surface area contributed by atoms with Crippen molar-refractivity contribution in [1.82, 2.24) is 0 Å². The first-order valence-corrected chi connectivity index (χ1v) is 6.29. The number of hydrogen-bond donors (Lipinski definition) is 0. The Kier molecular flexibility index (Phi) is 5.20. The lowest BCUT2D eigenvalue weighted by Crippen LogP contribution is -2.43. The summed E-state index contributed by atoms with van der Waals surface area (Å²) in [6.45, 7) is 3.40. The van der Waals surface area contributed by atoms with E-state index in [-0.39, 0.29) is 5.56 Å². The topological polar surface area (TPSA) is 18.5 Å². The Morgan fingerprint density at radius 3 is 1.90 bits per heavy atom. The molecule has 0 spiro atoms. The van der Waals surface area contributed by atoms with Gasteiger partial charge < -0.3 is 9.47 Å². The number of rotatable bonds is 6. The predicted molar refractivity (Wildman–Crippen MR) is 67.6 cm³/mol. The van der Waals surface area contributed by atoms with Gasteiger partial charge in [0, 0.05) is 7.11 Å². The normalized spacial score (nSPS) is 15.6. The van der Waals surface area contributed by atoms with Crippen molar-refractivity contribution < 1.29 is 31.4 Å². The number of alkyl halides is 5. The summed E-state index contributed by atoms with van der Waals surface area (Å²) in [6, 6.07) is 5.84. The molecule has 0 aliphatic carbocycles. The van der Waals surface area contributed by atoms with Gasteiger partial charge in [-0.15, -0.1) is 0 Å². The summed E-state index contributed by atoms with van der Waals surface area (Å²) in [5.41, 5.74) is -1.54. The molecule has 0 aliphatic rings. The molecule has 0 saturated carbocycles. The van der Waals surface area contributed by atoms with E-state index >= 15 is 0 Å². The zero-order valence-corrected chi connectivity index (χ0v) is 11.9. The molecule has 0 N–H and O–H groups in total. The van der Waals surface area contributed by atoms with E-state index in [2.05, 4.69) is 0 Å². The molecule has 1 aromatic carbocycles. The molecule has 0 amide bonds. The molecule has 0 saturated heterocycles. The average Bonchev–Trinajstić information content (AvgIpc) is 2.38. The monoisotopic (exact) mass is 312 g/mol. The van der Waals surface area contributed by atoms with Crippen LogP contribution in [0.15, 0.2) is 24.3 Å². The van der Waals surface area contributed by atoms with E-state index in [9.17, 15) is 22.0 Å². The van der Waals surface area contributed by atoms with E-state index in [0.717, 1.165) is 7.11 Å². The molecule has 0 radical (unpaired) electrons. The third kappa shape index (κ3) is 4.06. The summed E-state index contributed by atoms with van der Waals surface area (Å²) in [5, 5.41) is 0. The summed E-state index contributed by atoms with van der Waals surface area (Å²) in [6.07, 6.45) is -7.11. The highest BCUT2D eigenvalue weighted by Gasteiger charge is 2.60. The fourth-order valence-corrected chi connectivity index (χ4v) is 1.89. The largest absolute Gasteiger partial charge is 0.494 e. The van der Waals surface area contributed by atoms with Crippen LogP contribution in [0.2, 0.25) is 0 Å². The average molecular weight is 312 g/mol. The second kappa shape index (κ2) is 6.17. The third-order valence-electron chi connectivity index (χ3n) is 3.20. The van der Waals surface area contributed by atoms with Crippen LogP contribution in [0, 0.1) is 0 Å². The van der Waals surface area contributed by atoms with Crippen molar-refractivity contribution in [3.05, 3.63) is 29.8 Å². The van der Waals surface area contributed by atoms with Crippen LogP contribution in [0.25, 0.3) is 0 Å². The maximum Gasteiger partial charge on any atom is 0.453 e. The van der Waals surface area contributed by atoms with E-state index < -0.39 is 24.1 Å². The molecule has 7 heteroatoms. The van der Waals surface area contributed by atoms with Crippen LogP contribution < -0.4 is 4.74 Å². The number of methoxy groups -OCH3 is 1. The lowest BCUT2D eigenvalue weighted by atomic mass is 9.89. The smallest absolute Gasteiger partial charge is 0.453 e. The van der Waals surface area contributed by atoms with Gasteiger partial charge in [0.2, 0.25) is 0 Å². The van der Waals surface area contributed by atoms with Gasteiger partial charge in [-0.3, -0.25) is 0 Å². The second-order valence-corrected chi connectivity index (χ2v) is 4.77. The molecule has 21 heavy (non-hydrogen) atoms. The molecule has 0 aliphatic heterocycles. The summed E-state index contributed by atoms with van der Waals surface area (Å²) < 4.78 is 73.7. The lowest BCUT2D eigenvalue weighted by molar-refractivity contribution is -0.298. The minimum Gasteiger partial charge on any atom is -0.494 e.